The van der Waals surface area contributed by atoms with Gasteiger partial charge in [-0.15, -0.1) is 0 Å². The average molecular weight is 291 g/mol. The smallest absolute Gasteiger partial charge is 0.387 e. The topological polar surface area (TPSA) is 21.3 Å². The largest absolute Gasteiger partial charge is 0.435 e. The summed E-state index contributed by atoms with van der Waals surface area (Å²) in [4.78, 5) is 0. The van der Waals surface area contributed by atoms with Crippen LogP contribution in [0.25, 0.3) is 0 Å². The number of rotatable bonds is 7. The van der Waals surface area contributed by atoms with Crippen LogP contribution in [-0.2, 0) is 6.42 Å². The minimum Gasteiger partial charge on any atom is -0.435 e. The lowest BCUT2D eigenvalue weighted by atomic mass is 10.1. The minimum absolute atomic E-state index is 0.174. The van der Waals surface area contributed by atoms with Crippen LogP contribution in [-0.4, -0.2) is 12.7 Å². The van der Waals surface area contributed by atoms with Crippen LogP contribution in [0.5, 0.6) is 5.75 Å². The van der Waals surface area contributed by atoms with Crippen LogP contribution in [0.15, 0.2) is 54.6 Å². The molecule has 2 aromatic rings. The van der Waals surface area contributed by atoms with Crippen LogP contribution in [0, 0.1) is 0 Å². The molecule has 0 saturated heterocycles. The van der Waals surface area contributed by atoms with Gasteiger partial charge in [0, 0.05) is 11.7 Å². The molecule has 1 N–H and O–H groups in total. The molecular weight excluding hydrogens is 272 g/mol. The second-order valence-electron chi connectivity index (χ2n) is 4.97. The van der Waals surface area contributed by atoms with E-state index in [-0.39, 0.29) is 5.75 Å². The molecule has 0 radical (unpaired) electrons. The number of halogens is 2. The van der Waals surface area contributed by atoms with E-state index in [0.29, 0.717) is 6.04 Å². The second-order valence-corrected chi connectivity index (χ2v) is 4.97. The molecule has 0 bridgehead atoms. The lowest BCUT2D eigenvalue weighted by molar-refractivity contribution is -0.0498. The summed E-state index contributed by atoms with van der Waals surface area (Å²) in [6.45, 7) is -0.680. The van der Waals surface area contributed by atoms with Gasteiger partial charge in [-0.3, -0.25) is 0 Å². The predicted molar refractivity (Wildman–Crippen MR) is 80.9 cm³/mol. The number of anilines is 1. The molecule has 0 heterocycles. The third-order valence-electron chi connectivity index (χ3n) is 3.20. The summed E-state index contributed by atoms with van der Waals surface area (Å²) in [6, 6.07) is 17.2. The number of nitrogens with one attached hydrogen (secondary N) is 1. The Kier molecular flexibility index (Phi) is 5.55. The van der Waals surface area contributed by atoms with Gasteiger partial charge in [0.2, 0.25) is 0 Å². The van der Waals surface area contributed by atoms with Crippen LogP contribution < -0.4 is 10.1 Å². The highest BCUT2D eigenvalue weighted by molar-refractivity contribution is 5.47. The summed E-state index contributed by atoms with van der Waals surface area (Å²) >= 11 is 0. The zero-order chi connectivity index (χ0) is 15.1. The molecule has 4 heteroatoms. The Labute approximate surface area is 123 Å². The van der Waals surface area contributed by atoms with E-state index in [1.54, 1.807) is 24.3 Å². The summed E-state index contributed by atoms with van der Waals surface area (Å²) in [5.41, 5.74) is 2.21. The molecule has 0 amide bonds. The lowest BCUT2D eigenvalue weighted by Gasteiger charge is -2.15. The van der Waals surface area contributed by atoms with E-state index in [1.807, 2.05) is 18.2 Å². The standard InChI is InChI=1S/C17H19F2NO/c1-13(7-8-14-5-3-2-4-6-14)20-15-9-11-16(12-10-15)21-17(18)19/h2-6,9-13,17,20H,7-8H2,1H3. The molecule has 2 aromatic carbocycles. The Morgan fingerprint density at radius 3 is 2.29 bits per heavy atom. The fourth-order valence-corrected chi connectivity index (χ4v) is 2.12. The molecule has 0 spiro atoms. The van der Waals surface area contributed by atoms with Crippen molar-refractivity contribution in [3.8, 4) is 5.75 Å². The maximum atomic E-state index is 12.1. The van der Waals surface area contributed by atoms with E-state index in [1.165, 1.54) is 5.56 Å². The first-order valence-corrected chi connectivity index (χ1v) is 6.99. The monoisotopic (exact) mass is 291 g/mol. The van der Waals surface area contributed by atoms with Gasteiger partial charge < -0.3 is 10.1 Å². The molecule has 2 rings (SSSR count). The van der Waals surface area contributed by atoms with Crippen LogP contribution in [0.1, 0.15) is 18.9 Å². The van der Waals surface area contributed by atoms with Crippen molar-refractivity contribution in [2.75, 3.05) is 5.32 Å². The minimum atomic E-state index is -2.78. The maximum absolute atomic E-state index is 12.1. The number of alkyl halides is 2. The van der Waals surface area contributed by atoms with Crippen molar-refractivity contribution in [3.63, 3.8) is 0 Å². The van der Waals surface area contributed by atoms with Gasteiger partial charge in [-0.25, -0.2) is 0 Å². The van der Waals surface area contributed by atoms with Crippen molar-refractivity contribution in [2.24, 2.45) is 0 Å². The van der Waals surface area contributed by atoms with Crippen LogP contribution >= 0.6 is 0 Å². The number of ether oxygens (including phenoxy) is 1. The SMILES string of the molecule is CC(CCc1ccccc1)Nc1ccc(OC(F)F)cc1. The predicted octanol–water partition coefficient (Wildman–Crippen LogP) is 4.72. The van der Waals surface area contributed by atoms with Gasteiger partial charge in [-0.2, -0.15) is 8.78 Å². The first-order valence-electron chi connectivity index (χ1n) is 6.99. The van der Waals surface area contributed by atoms with Gasteiger partial charge in [0.1, 0.15) is 5.75 Å². The number of hydrogen-bond acceptors (Lipinski definition) is 2. The maximum Gasteiger partial charge on any atom is 0.387 e. The Morgan fingerprint density at radius 1 is 1.00 bits per heavy atom. The van der Waals surface area contributed by atoms with E-state index in [2.05, 4.69) is 29.1 Å². The Bertz CT molecular complexity index is 528. The third kappa shape index (κ3) is 5.42. The summed E-state index contributed by atoms with van der Waals surface area (Å²) in [5.74, 6) is 0.174. The Balaban J connectivity index is 1.80. The quantitative estimate of drug-likeness (QED) is 0.797. The molecule has 1 unspecified atom stereocenters. The fourth-order valence-electron chi connectivity index (χ4n) is 2.12. The van der Waals surface area contributed by atoms with E-state index in [4.69, 9.17) is 0 Å². The zero-order valence-corrected chi connectivity index (χ0v) is 11.9. The highest BCUT2D eigenvalue weighted by Gasteiger charge is 2.05. The van der Waals surface area contributed by atoms with Gasteiger partial charge >= 0.3 is 6.61 Å². The van der Waals surface area contributed by atoms with Crippen molar-refractivity contribution in [3.05, 3.63) is 60.2 Å². The van der Waals surface area contributed by atoms with Crippen molar-refractivity contribution in [2.45, 2.75) is 32.4 Å². The van der Waals surface area contributed by atoms with E-state index >= 15 is 0 Å². The van der Waals surface area contributed by atoms with E-state index in [0.717, 1.165) is 18.5 Å². The summed E-state index contributed by atoms with van der Waals surface area (Å²) in [5, 5.41) is 3.35. The molecule has 0 aromatic heterocycles. The zero-order valence-electron chi connectivity index (χ0n) is 11.9. The molecule has 1 atom stereocenters. The second kappa shape index (κ2) is 7.62. The van der Waals surface area contributed by atoms with Crippen molar-refractivity contribution in [1.82, 2.24) is 0 Å². The van der Waals surface area contributed by atoms with Gasteiger partial charge in [0.05, 0.1) is 0 Å². The van der Waals surface area contributed by atoms with E-state index < -0.39 is 6.61 Å². The fraction of sp³-hybridized carbons (Fsp3) is 0.294. The molecule has 112 valence electrons. The average Bonchev–Trinajstić information content (AvgIpc) is 2.48. The number of hydrogen-bond donors (Lipinski definition) is 1. The van der Waals surface area contributed by atoms with Crippen LogP contribution in [0.2, 0.25) is 0 Å². The van der Waals surface area contributed by atoms with Gasteiger partial charge in [0.25, 0.3) is 0 Å². The molecule has 0 saturated carbocycles. The number of benzene rings is 2. The summed E-state index contributed by atoms with van der Waals surface area (Å²) in [7, 11) is 0. The van der Waals surface area contributed by atoms with Crippen molar-refractivity contribution in [1.29, 1.82) is 0 Å². The molecular formula is C17H19F2NO. The van der Waals surface area contributed by atoms with Gasteiger partial charge in [-0.05, 0) is 49.6 Å². The Morgan fingerprint density at radius 2 is 1.67 bits per heavy atom. The van der Waals surface area contributed by atoms with Crippen molar-refractivity contribution < 1.29 is 13.5 Å². The van der Waals surface area contributed by atoms with Gasteiger partial charge in [-0.1, -0.05) is 30.3 Å². The Hall–Kier alpha value is -2.10. The summed E-state index contributed by atoms with van der Waals surface area (Å²) < 4.78 is 28.4. The molecule has 0 aliphatic heterocycles. The van der Waals surface area contributed by atoms with Gasteiger partial charge in [0.15, 0.2) is 0 Å². The third-order valence-corrected chi connectivity index (χ3v) is 3.20. The molecule has 21 heavy (non-hydrogen) atoms. The highest BCUT2D eigenvalue weighted by Crippen LogP contribution is 2.19. The molecule has 0 aliphatic carbocycles. The van der Waals surface area contributed by atoms with Crippen molar-refractivity contribution >= 4 is 5.69 Å². The number of aryl methyl sites for hydroxylation is 1. The first kappa shape index (κ1) is 15.3. The van der Waals surface area contributed by atoms with Crippen LogP contribution in [0.3, 0.4) is 0 Å². The summed E-state index contributed by atoms with van der Waals surface area (Å²) in [6.07, 6.45) is 2.00. The molecule has 2 nitrogen and oxygen atoms in total. The van der Waals surface area contributed by atoms with Crippen LogP contribution in [0.4, 0.5) is 14.5 Å². The van der Waals surface area contributed by atoms with E-state index in [9.17, 15) is 8.78 Å². The molecule has 0 aliphatic rings. The first-order chi connectivity index (χ1) is 10.1. The highest BCUT2D eigenvalue weighted by atomic mass is 19.3. The molecule has 0 fully saturated rings. The normalized spacial score (nSPS) is 12.2. The lowest BCUT2D eigenvalue weighted by Crippen LogP contribution is -2.15.